The maximum atomic E-state index is 8.85. The molecule has 1 aromatic carbocycles. The Morgan fingerprint density at radius 3 is 2.62 bits per heavy atom. The van der Waals surface area contributed by atoms with Crippen LogP contribution in [0.1, 0.15) is 23.7 Å². The van der Waals surface area contributed by atoms with Crippen LogP contribution in [-0.4, -0.2) is 29.0 Å². The van der Waals surface area contributed by atoms with Gasteiger partial charge < -0.3 is 14.8 Å². The first kappa shape index (κ1) is 18.1. The van der Waals surface area contributed by atoms with Gasteiger partial charge in [0.15, 0.2) is 5.96 Å². The van der Waals surface area contributed by atoms with Crippen LogP contribution >= 0.6 is 15.9 Å². The van der Waals surface area contributed by atoms with Gasteiger partial charge in [0, 0.05) is 37.0 Å². The van der Waals surface area contributed by atoms with Gasteiger partial charge in [-0.2, -0.15) is 5.26 Å². The lowest BCUT2D eigenvalue weighted by molar-refractivity contribution is 0.462. The molecule has 6 heteroatoms. The molecule has 0 atom stereocenters. The quantitative estimate of drug-likeness (QED) is 0.632. The predicted molar refractivity (Wildman–Crippen MR) is 101 cm³/mol. The molecule has 0 saturated heterocycles. The molecule has 0 fully saturated rings. The zero-order valence-corrected chi connectivity index (χ0v) is 15.8. The van der Waals surface area contributed by atoms with Gasteiger partial charge in [0.1, 0.15) is 0 Å². The molecule has 1 aromatic heterocycles. The number of halogens is 1. The average molecular weight is 388 g/mol. The van der Waals surface area contributed by atoms with Gasteiger partial charge in [-0.05, 0) is 46.6 Å². The first-order valence-electron chi connectivity index (χ1n) is 7.82. The summed E-state index contributed by atoms with van der Waals surface area (Å²) < 4.78 is 3.18. The molecule has 0 aliphatic rings. The highest BCUT2D eigenvalue weighted by atomic mass is 79.9. The average Bonchev–Trinajstić information content (AvgIpc) is 2.89. The third-order valence-corrected chi connectivity index (χ3v) is 4.10. The number of nitrogens with zero attached hydrogens (tertiary/aromatic N) is 4. The number of hydrogen-bond acceptors (Lipinski definition) is 2. The molecule has 24 heavy (non-hydrogen) atoms. The van der Waals surface area contributed by atoms with E-state index in [1.54, 1.807) is 0 Å². The smallest absolute Gasteiger partial charge is 0.194 e. The summed E-state index contributed by atoms with van der Waals surface area (Å²) in [5.41, 5.74) is 2.95. The number of aromatic nitrogens is 1. The topological polar surface area (TPSA) is 56.4 Å². The Morgan fingerprint density at radius 2 is 2.08 bits per heavy atom. The van der Waals surface area contributed by atoms with Gasteiger partial charge in [0.05, 0.1) is 24.7 Å². The van der Waals surface area contributed by atoms with E-state index in [-0.39, 0.29) is 0 Å². The van der Waals surface area contributed by atoms with Crippen molar-refractivity contribution in [1.82, 2.24) is 14.8 Å². The molecular weight excluding hydrogens is 366 g/mol. The fourth-order valence-corrected chi connectivity index (χ4v) is 2.93. The highest BCUT2D eigenvalue weighted by Gasteiger charge is 2.09. The minimum atomic E-state index is 0.579. The number of aliphatic imine (C=N–C) groups is 1. The number of guanidine groups is 1. The van der Waals surface area contributed by atoms with Gasteiger partial charge >= 0.3 is 0 Å². The molecule has 0 bridgehead atoms. The number of rotatable bonds is 5. The molecule has 2 rings (SSSR count). The van der Waals surface area contributed by atoms with E-state index in [0.29, 0.717) is 12.1 Å². The van der Waals surface area contributed by atoms with Crippen LogP contribution in [0.3, 0.4) is 0 Å². The van der Waals surface area contributed by atoms with Gasteiger partial charge in [-0.15, -0.1) is 0 Å². The van der Waals surface area contributed by atoms with Crippen LogP contribution < -0.4 is 5.32 Å². The van der Waals surface area contributed by atoms with Crippen molar-refractivity contribution in [3.05, 3.63) is 57.8 Å². The first-order valence-corrected chi connectivity index (χ1v) is 8.62. The van der Waals surface area contributed by atoms with Crippen molar-refractivity contribution in [1.29, 1.82) is 5.26 Å². The van der Waals surface area contributed by atoms with E-state index in [1.807, 2.05) is 44.6 Å². The predicted octanol–water partition coefficient (Wildman–Crippen LogP) is 3.26. The lowest BCUT2D eigenvalue weighted by Gasteiger charge is -2.22. The highest BCUT2D eigenvalue weighted by Crippen LogP contribution is 2.15. The molecule has 1 N–H and O–H groups in total. The van der Waals surface area contributed by atoms with Gasteiger partial charge in [-0.3, -0.25) is 0 Å². The third kappa shape index (κ3) is 4.87. The largest absolute Gasteiger partial charge is 0.357 e. The van der Waals surface area contributed by atoms with Crippen molar-refractivity contribution >= 4 is 21.9 Å². The minimum absolute atomic E-state index is 0.579. The summed E-state index contributed by atoms with van der Waals surface area (Å²) in [6.07, 6.45) is 2.05. The molecule has 0 amide bonds. The van der Waals surface area contributed by atoms with Crippen LogP contribution in [0.2, 0.25) is 0 Å². The highest BCUT2D eigenvalue weighted by molar-refractivity contribution is 9.10. The number of benzene rings is 1. The maximum absolute atomic E-state index is 8.85. The van der Waals surface area contributed by atoms with E-state index in [9.17, 15) is 0 Å². The Hall–Kier alpha value is -2.26. The van der Waals surface area contributed by atoms with Crippen molar-refractivity contribution in [3.8, 4) is 6.07 Å². The SMILES string of the molecule is CCNC(=NCc1ccc(C#N)cc1)N(C)Cc1cc(Br)cn1C. The Balaban J connectivity index is 2.08. The Morgan fingerprint density at radius 1 is 1.38 bits per heavy atom. The van der Waals surface area contributed by atoms with E-state index in [0.717, 1.165) is 29.1 Å². The summed E-state index contributed by atoms with van der Waals surface area (Å²) in [6.45, 7) is 4.22. The summed E-state index contributed by atoms with van der Waals surface area (Å²) >= 11 is 3.51. The number of hydrogen-bond donors (Lipinski definition) is 1. The van der Waals surface area contributed by atoms with Gasteiger partial charge in [-0.1, -0.05) is 12.1 Å². The second-order valence-electron chi connectivity index (χ2n) is 5.60. The number of nitriles is 1. The molecular formula is C18H22BrN5. The van der Waals surface area contributed by atoms with E-state index in [1.165, 1.54) is 5.69 Å². The molecule has 1 heterocycles. The van der Waals surface area contributed by atoms with Crippen molar-refractivity contribution in [2.45, 2.75) is 20.0 Å². The van der Waals surface area contributed by atoms with Crippen LogP contribution in [-0.2, 0) is 20.1 Å². The van der Waals surface area contributed by atoms with Crippen LogP contribution in [0.15, 0.2) is 46.0 Å². The zero-order chi connectivity index (χ0) is 17.5. The summed E-state index contributed by atoms with van der Waals surface area (Å²) in [5.74, 6) is 0.860. The molecule has 0 aliphatic carbocycles. The second kappa shape index (κ2) is 8.55. The summed E-state index contributed by atoms with van der Waals surface area (Å²) in [6, 6.07) is 11.8. The van der Waals surface area contributed by atoms with Crippen LogP contribution in [0.25, 0.3) is 0 Å². The lowest BCUT2D eigenvalue weighted by Crippen LogP contribution is -2.38. The molecule has 0 unspecified atom stereocenters. The normalized spacial score (nSPS) is 11.2. The van der Waals surface area contributed by atoms with Gasteiger partial charge in [0.2, 0.25) is 0 Å². The standard InChI is InChI=1S/C18H22BrN5/c1-4-21-18(22-11-15-7-5-14(10-20)6-8-15)24(3)13-17-9-16(19)12-23(17)2/h5-9,12H,4,11,13H2,1-3H3,(H,21,22). The molecule has 2 aromatic rings. The maximum Gasteiger partial charge on any atom is 0.194 e. The van der Waals surface area contributed by atoms with Gasteiger partial charge in [0.25, 0.3) is 0 Å². The fourth-order valence-electron chi connectivity index (χ4n) is 2.36. The Labute approximate surface area is 151 Å². The number of nitrogens with one attached hydrogen (secondary N) is 1. The summed E-state index contributed by atoms with van der Waals surface area (Å²) in [4.78, 5) is 6.81. The molecule has 126 valence electrons. The molecule has 5 nitrogen and oxygen atoms in total. The van der Waals surface area contributed by atoms with E-state index in [2.05, 4.69) is 49.8 Å². The monoisotopic (exact) mass is 387 g/mol. The molecule has 0 spiro atoms. The third-order valence-electron chi connectivity index (χ3n) is 3.66. The lowest BCUT2D eigenvalue weighted by atomic mass is 10.1. The summed E-state index contributed by atoms with van der Waals surface area (Å²) in [7, 11) is 4.07. The Bertz CT molecular complexity index is 740. The van der Waals surface area contributed by atoms with E-state index >= 15 is 0 Å². The molecule has 0 aliphatic heterocycles. The van der Waals surface area contributed by atoms with Crippen LogP contribution in [0, 0.1) is 11.3 Å². The number of aryl methyl sites for hydroxylation is 1. The Kier molecular flexibility index (Phi) is 6.44. The van der Waals surface area contributed by atoms with Gasteiger partial charge in [-0.25, -0.2) is 4.99 Å². The fraction of sp³-hybridized carbons (Fsp3) is 0.333. The van der Waals surface area contributed by atoms with Crippen LogP contribution in [0.4, 0.5) is 0 Å². The van der Waals surface area contributed by atoms with Crippen molar-refractivity contribution in [2.75, 3.05) is 13.6 Å². The molecule has 0 radical (unpaired) electrons. The molecule has 0 saturated carbocycles. The summed E-state index contributed by atoms with van der Waals surface area (Å²) in [5, 5.41) is 12.2. The second-order valence-corrected chi connectivity index (χ2v) is 6.51. The van der Waals surface area contributed by atoms with E-state index in [4.69, 9.17) is 10.3 Å². The first-order chi connectivity index (χ1) is 11.5. The van der Waals surface area contributed by atoms with E-state index < -0.39 is 0 Å². The van der Waals surface area contributed by atoms with Crippen molar-refractivity contribution in [2.24, 2.45) is 12.0 Å². The zero-order valence-electron chi connectivity index (χ0n) is 14.3. The minimum Gasteiger partial charge on any atom is -0.357 e. The van der Waals surface area contributed by atoms with Crippen LogP contribution in [0.5, 0.6) is 0 Å². The van der Waals surface area contributed by atoms with Crippen molar-refractivity contribution < 1.29 is 0 Å². The van der Waals surface area contributed by atoms with Crippen molar-refractivity contribution in [3.63, 3.8) is 0 Å².